The molecular weight excluding hydrogens is 454 g/mol. The summed E-state index contributed by atoms with van der Waals surface area (Å²) in [7, 11) is -1.77. The molecule has 34 heavy (non-hydrogen) atoms. The Morgan fingerprint density at radius 3 is 2.74 bits per heavy atom. The standard InChI is InChI=1S/C23H23N7O3S/c1-14(28-34(4,31)32)16-6-7-20(22(10-16)33-3)30-21-11-19(25-12-17(21)15(2)27-30)18-13-26-29-9-5-8-24-23(18)29/h5-14,28H,1-4H3. The lowest BCUT2D eigenvalue weighted by molar-refractivity contribution is 0.411. The van der Waals surface area contributed by atoms with Gasteiger partial charge in [-0.25, -0.2) is 27.3 Å². The van der Waals surface area contributed by atoms with Gasteiger partial charge in [0, 0.05) is 30.0 Å². The van der Waals surface area contributed by atoms with E-state index in [1.165, 1.54) is 0 Å². The number of sulfonamides is 1. The number of hydrogen-bond acceptors (Lipinski definition) is 7. The second-order valence-corrected chi connectivity index (χ2v) is 9.85. The minimum Gasteiger partial charge on any atom is -0.494 e. The van der Waals surface area contributed by atoms with Crippen LogP contribution in [0.4, 0.5) is 0 Å². The molecule has 0 aliphatic heterocycles. The molecule has 0 aliphatic carbocycles. The van der Waals surface area contributed by atoms with Crippen molar-refractivity contribution in [2.45, 2.75) is 19.9 Å². The van der Waals surface area contributed by atoms with Gasteiger partial charge in [-0.05, 0) is 43.7 Å². The zero-order valence-corrected chi connectivity index (χ0v) is 19.9. The number of methoxy groups -OCH3 is 1. The summed E-state index contributed by atoms with van der Waals surface area (Å²) >= 11 is 0. The summed E-state index contributed by atoms with van der Waals surface area (Å²) in [5.41, 5.74) is 5.44. The van der Waals surface area contributed by atoms with E-state index in [0.29, 0.717) is 11.4 Å². The van der Waals surface area contributed by atoms with Crippen molar-refractivity contribution in [1.82, 2.24) is 34.1 Å². The Morgan fingerprint density at radius 2 is 1.97 bits per heavy atom. The van der Waals surface area contributed by atoms with Gasteiger partial charge in [-0.3, -0.25) is 4.98 Å². The molecule has 0 radical (unpaired) electrons. The molecule has 4 aromatic heterocycles. The molecule has 4 heterocycles. The SMILES string of the molecule is COc1cc(C(C)NS(C)(=O)=O)ccc1-n1nc(C)c2cnc(-c3cnn4cccnc34)cc21. The van der Waals surface area contributed by atoms with Crippen molar-refractivity contribution in [1.29, 1.82) is 0 Å². The van der Waals surface area contributed by atoms with Gasteiger partial charge >= 0.3 is 0 Å². The first-order chi connectivity index (χ1) is 16.2. The smallest absolute Gasteiger partial charge is 0.209 e. The van der Waals surface area contributed by atoms with Crippen LogP contribution >= 0.6 is 0 Å². The van der Waals surface area contributed by atoms with Gasteiger partial charge < -0.3 is 4.74 Å². The van der Waals surface area contributed by atoms with Crippen molar-refractivity contribution >= 4 is 26.6 Å². The van der Waals surface area contributed by atoms with Crippen molar-refractivity contribution < 1.29 is 13.2 Å². The molecule has 0 saturated heterocycles. The van der Waals surface area contributed by atoms with Gasteiger partial charge in [-0.2, -0.15) is 10.2 Å². The number of aryl methyl sites for hydroxylation is 1. The van der Waals surface area contributed by atoms with Crippen LogP contribution < -0.4 is 9.46 Å². The minimum absolute atomic E-state index is 0.409. The largest absolute Gasteiger partial charge is 0.494 e. The summed E-state index contributed by atoms with van der Waals surface area (Å²) in [6.07, 6.45) is 8.24. The Bertz CT molecular complexity index is 1640. The van der Waals surface area contributed by atoms with Gasteiger partial charge in [0.2, 0.25) is 10.0 Å². The third-order valence-corrected chi connectivity index (χ3v) is 6.41. The zero-order valence-electron chi connectivity index (χ0n) is 19.1. The maximum absolute atomic E-state index is 11.6. The Kier molecular flexibility index (Phi) is 5.29. The first kappa shape index (κ1) is 22.0. The number of benzene rings is 1. The van der Waals surface area contributed by atoms with Crippen LogP contribution in [-0.4, -0.2) is 51.1 Å². The van der Waals surface area contributed by atoms with E-state index in [4.69, 9.17) is 9.84 Å². The molecule has 174 valence electrons. The number of hydrogen-bond donors (Lipinski definition) is 1. The van der Waals surface area contributed by atoms with E-state index < -0.39 is 16.1 Å². The van der Waals surface area contributed by atoms with Crippen LogP contribution in [0, 0.1) is 6.92 Å². The highest BCUT2D eigenvalue weighted by Crippen LogP contribution is 2.32. The third-order valence-electron chi connectivity index (χ3n) is 5.63. The fourth-order valence-electron chi connectivity index (χ4n) is 4.02. The maximum atomic E-state index is 11.6. The van der Waals surface area contributed by atoms with Crippen molar-refractivity contribution in [3.05, 3.63) is 66.4 Å². The Morgan fingerprint density at radius 1 is 1.15 bits per heavy atom. The van der Waals surface area contributed by atoms with E-state index >= 15 is 0 Å². The summed E-state index contributed by atoms with van der Waals surface area (Å²) in [6, 6.07) is 8.92. The van der Waals surface area contributed by atoms with Crippen molar-refractivity contribution in [3.63, 3.8) is 0 Å². The van der Waals surface area contributed by atoms with Gasteiger partial charge in [0.1, 0.15) is 11.4 Å². The molecule has 5 aromatic rings. The highest BCUT2D eigenvalue weighted by Gasteiger charge is 2.18. The van der Waals surface area contributed by atoms with E-state index in [1.807, 2.05) is 48.1 Å². The second-order valence-electron chi connectivity index (χ2n) is 8.07. The quantitative estimate of drug-likeness (QED) is 0.399. The summed E-state index contributed by atoms with van der Waals surface area (Å²) in [4.78, 5) is 9.07. The monoisotopic (exact) mass is 477 g/mol. The molecule has 0 saturated carbocycles. The fraction of sp³-hybridized carbons (Fsp3) is 0.217. The lowest BCUT2D eigenvalue weighted by Crippen LogP contribution is -2.25. The predicted octanol–water partition coefficient (Wildman–Crippen LogP) is 3.06. The van der Waals surface area contributed by atoms with Crippen LogP contribution in [0.15, 0.2) is 55.1 Å². The van der Waals surface area contributed by atoms with Crippen molar-refractivity contribution in [3.8, 4) is 22.7 Å². The van der Waals surface area contributed by atoms with Crippen molar-refractivity contribution in [2.75, 3.05) is 13.4 Å². The summed E-state index contributed by atoms with van der Waals surface area (Å²) < 4.78 is 35.1. The molecule has 1 unspecified atom stereocenters. The molecule has 0 bridgehead atoms. The van der Waals surface area contributed by atoms with Gasteiger partial charge in [0.25, 0.3) is 0 Å². The molecule has 0 fully saturated rings. The van der Waals surface area contributed by atoms with Crippen LogP contribution in [0.25, 0.3) is 33.5 Å². The molecule has 10 nitrogen and oxygen atoms in total. The lowest BCUT2D eigenvalue weighted by atomic mass is 10.1. The summed E-state index contributed by atoms with van der Waals surface area (Å²) in [5, 5.41) is 10.0. The number of aromatic nitrogens is 6. The van der Waals surface area contributed by atoms with E-state index in [1.54, 1.807) is 37.1 Å². The highest BCUT2D eigenvalue weighted by atomic mass is 32.2. The third kappa shape index (κ3) is 3.88. The van der Waals surface area contributed by atoms with Gasteiger partial charge in [-0.15, -0.1) is 0 Å². The Labute approximate surface area is 196 Å². The number of nitrogens with one attached hydrogen (secondary N) is 1. The van der Waals surface area contributed by atoms with E-state index in [2.05, 4.69) is 19.8 Å². The average molecular weight is 478 g/mol. The fourth-order valence-corrected chi connectivity index (χ4v) is 4.80. The number of pyridine rings is 1. The second kappa shape index (κ2) is 8.19. The number of ether oxygens (including phenoxy) is 1. The lowest BCUT2D eigenvalue weighted by Gasteiger charge is -2.16. The molecular formula is C23H23N7O3S. The van der Waals surface area contributed by atoms with Gasteiger partial charge in [0.05, 0.1) is 42.0 Å². The van der Waals surface area contributed by atoms with E-state index in [0.717, 1.165) is 45.4 Å². The van der Waals surface area contributed by atoms with Crippen LogP contribution in [0.1, 0.15) is 24.2 Å². The van der Waals surface area contributed by atoms with Crippen LogP contribution in [0.3, 0.4) is 0 Å². The first-order valence-electron chi connectivity index (χ1n) is 10.5. The number of nitrogens with zero attached hydrogens (tertiary/aromatic N) is 6. The molecule has 0 spiro atoms. The molecule has 11 heteroatoms. The maximum Gasteiger partial charge on any atom is 0.209 e. The minimum atomic E-state index is -3.35. The molecule has 1 N–H and O–H groups in total. The summed E-state index contributed by atoms with van der Waals surface area (Å²) in [5.74, 6) is 0.570. The molecule has 5 rings (SSSR count). The highest BCUT2D eigenvalue weighted by molar-refractivity contribution is 7.88. The van der Waals surface area contributed by atoms with Crippen LogP contribution in [-0.2, 0) is 10.0 Å². The number of rotatable bonds is 6. The molecule has 1 aromatic carbocycles. The summed E-state index contributed by atoms with van der Waals surface area (Å²) in [6.45, 7) is 3.71. The predicted molar refractivity (Wildman–Crippen MR) is 129 cm³/mol. The van der Waals surface area contributed by atoms with Crippen molar-refractivity contribution in [2.24, 2.45) is 0 Å². The van der Waals surface area contributed by atoms with Crippen LogP contribution in [0.5, 0.6) is 5.75 Å². The van der Waals surface area contributed by atoms with E-state index in [-0.39, 0.29) is 0 Å². The Hall–Kier alpha value is -3.83. The number of fused-ring (bicyclic) bond motifs is 2. The Balaban J connectivity index is 1.63. The van der Waals surface area contributed by atoms with E-state index in [9.17, 15) is 8.42 Å². The zero-order chi connectivity index (χ0) is 24.0. The van der Waals surface area contributed by atoms with Gasteiger partial charge in [-0.1, -0.05) is 6.07 Å². The normalized spacial score (nSPS) is 12.9. The van der Waals surface area contributed by atoms with Gasteiger partial charge in [0.15, 0.2) is 5.65 Å². The molecule has 1 atom stereocenters. The van der Waals surface area contributed by atoms with Crippen LogP contribution in [0.2, 0.25) is 0 Å². The molecule has 0 aliphatic rings. The average Bonchev–Trinajstić information content (AvgIpc) is 3.38. The molecule has 0 amide bonds. The topological polar surface area (TPSA) is 116 Å². The first-order valence-corrected chi connectivity index (χ1v) is 12.4.